The highest BCUT2D eigenvalue weighted by Crippen LogP contribution is 2.20. The van der Waals surface area contributed by atoms with Crippen LogP contribution in [-0.4, -0.2) is 39.0 Å². The Balaban J connectivity index is 2.27. The van der Waals surface area contributed by atoms with Crippen LogP contribution in [0, 0.1) is 0 Å². The summed E-state index contributed by atoms with van der Waals surface area (Å²) in [4.78, 5) is 35.3. The summed E-state index contributed by atoms with van der Waals surface area (Å²) < 4.78 is 4.91. The number of nitrogens with zero attached hydrogens (tertiary/aromatic N) is 2. The Kier molecular flexibility index (Phi) is 5.43. The Morgan fingerprint density at radius 1 is 1.29 bits per heavy atom. The van der Waals surface area contributed by atoms with Crippen molar-refractivity contribution in [2.75, 3.05) is 6.61 Å². The molecule has 2 N–H and O–H groups in total. The standard InChI is InChI=1S/C16H21ClN4O3/c1-5-24-14(23)8-12-19-9-6-11(17)18-10(15(9)20-12)7-13(22)21-16(2,3)4/h6H,5,7-8H2,1-4H3,(H,19,20)(H,21,22). The Labute approximate surface area is 145 Å². The average Bonchev–Trinajstić information content (AvgIpc) is 2.78. The molecule has 0 aliphatic heterocycles. The van der Waals surface area contributed by atoms with E-state index in [2.05, 4.69) is 20.3 Å². The molecule has 0 unspecified atom stereocenters. The quantitative estimate of drug-likeness (QED) is 0.635. The van der Waals surface area contributed by atoms with E-state index in [9.17, 15) is 9.59 Å². The van der Waals surface area contributed by atoms with E-state index in [1.54, 1.807) is 13.0 Å². The van der Waals surface area contributed by atoms with E-state index in [0.717, 1.165) is 0 Å². The van der Waals surface area contributed by atoms with Crippen LogP contribution in [0.1, 0.15) is 39.2 Å². The summed E-state index contributed by atoms with van der Waals surface area (Å²) in [6.45, 7) is 7.75. The number of esters is 1. The van der Waals surface area contributed by atoms with E-state index in [0.29, 0.717) is 29.2 Å². The van der Waals surface area contributed by atoms with Crippen LogP contribution < -0.4 is 5.32 Å². The van der Waals surface area contributed by atoms with Gasteiger partial charge in [-0.25, -0.2) is 9.97 Å². The maximum atomic E-state index is 12.1. The van der Waals surface area contributed by atoms with Gasteiger partial charge < -0.3 is 15.0 Å². The number of fused-ring (bicyclic) bond motifs is 1. The second-order valence-electron chi connectivity index (χ2n) is 6.43. The van der Waals surface area contributed by atoms with Gasteiger partial charge in [0.2, 0.25) is 5.91 Å². The number of H-pyrrole nitrogens is 1. The number of hydrogen-bond donors (Lipinski definition) is 2. The maximum absolute atomic E-state index is 12.1. The van der Waals surface area contributed by atoms with Crippen molar-refractivity contribution in [3.63, 3.8) is 0 Å². The molecule has 7 nitrogen and oxygen atoms in total. The van der Waals surface area contributed by atoms with Gasteiger partial charge in [-0.2, -0.15) is 0 Å². The zero-order valence-corrected chi connectivity index (χ0v) is 15.0. The van der Waals surface area contributed by atoms with E-state index in [4.69, 9.17) is 16.3 Å². The van der Waals surface area contributed by atoms with Gasteiger partial charge >= 0.3 is 5.97 Å². The number of imidazole rings is 1. The smallest absolute Gasteiger partial charge is 0.313 e. The lowest BCUT2D eigenvalue weighted by molar-refractivity contribution is -0.142. The SMILES string of the molecule is CCOC(=O)Cc1nc2c(CC(=O)NC(C)(C)C)nc(Cl)cc2[nH]1. The first-order valence-corrected chi connectivity index (χ1v) is 8.06. The highest BCUT2D eigenvalue weighted by atomic mass is 35.5. The summed E-state index contributed by atoms with van der Waals surface area (Å²) in [5, 5.41) is 3.13. The summed E-state index contributed by atoms with van der Waals surface area (Å²) in [6.07, 6.45) is 0.0752. The fourth-order valence-corrected chi connectivity index (χ4v) is 2.48. The normalized spacial score (nSPS) is 11.5. The van der Waals surface area contributed by atoms with Gasteiger partial charge in [0, 0.05) is 11.6 Å². The third-order valence-corrected chi connectivity index (χ3v) is 3.21. The van der Waals surface area contributed by atoms with Crippen molar-refractivity contribution in [2.45, 2.75) is 46.1 Å². The molecule has 0 aliphatic carbocycles. The van der Waals surface area contributed by atoms with E-state index in [1.807, 2.05) is 20.8 Å². The van der Waals surface area contributed by atoms with Gasteiger partial charge in [-0.3, -0.25) is 9.59 Å². The lowest BCUT2D eigenvalue weighted by Crippen LogP contribution is -2.41. The predicted octanol–water partition coefficient (Wildman–Crippen LogP) is 2.17. The molecule has 0 radical (unpaired) electrons. The van der Waals surface area contributed by atoms with E-state index in [1.165, 1.54) is 0 Å². The number of aromatic nitrogens is 3. The number of pyridine rings is 1. The van der Waals surface area contributed by atoms with Crippen LogP contribution >= 0.6 is 11.6 Å². The molecule has 0 saturated heterocycles. The first-order chi connectivity index (χ1) is 11.2. The minimum atomic E-state index is -0.373. The number of carbonyl (C=O) groups is 2. The summed E-state index contributed by atoms with van der Waals surface area (Å²) in [5.41, 5.74) is 1.29. The first-order valence-electron chi connectivity index (χ1n) is 7.68. The van der Waals surface area contributed by atoms with Gasteiger partial charge in [0.25, 0.3) is 0 Å². The van der Waals surface area contributed by atoms with Crippen LogP contribution in [0.2, 0.25) is 5.15 Å². The molecular weight excluding hydrogens is 332 g/mol. The maximum Gasteiger partial charge on any atom is 0.313 e. The summed E-state index contributed by atoms with van der Waals surface area (Å²) in [7, 11) is 0. The fraction of sp³-hybridized carbons (Fsp3) is 0.500. The Morgan fingerprint density at radius 2 is 2.00 bits per heavy atom. The lowest BCUT2D eigenvalue weighted by atomic mass is 10.1. The zero-order valence-electron chi connectivity index (χ0n) is 14.2. The second-order valence-corrected chi connectivity index (χ2v) is 6.82. The van der Waals surface area contributed by atoms with Crippen molar-refractivity contribution in [1.29, 1.82) is 0 Å². The van der Waals surface area contributed by atoms with Crippen molar-refractivity contribution in [1.82, 2.24) is 20.3 Å². The Bertz CT molecular complexity index is 765. The second kappa shape index (κ2) is 7.17. The zero-order chi connectivity index (χ0) is 17.9. The number of rotatable bonds is 5. The average molecular weight is 353 g/mol. The van der Waals surface area contributed by atoms with Gasteiger partial charge in [-0.05, 0) is 27.7 Å². The van der Waals surface area contributed by atoms with Crippen molar-refractivity contribution >= 4 is 34.5 Å². The van der Waals surface area contributed by atoms with Crippen LogP contribution in [-0.2, 0) is 27.2 Å². The number of amides is 1. The molecular formula is C16H21ClN4O3. The predicted molar refractivity (Wildman–Crippen MR) is 90.8 cm³/mol. The Hall–Kier alpha value is -2.15. The molecule has 2 aromatic heterocycles. The van der Waals surface area contributed by atoms with Crippen molar-refractivity contribution in [3.05, 3.63) is 22.7 Å². The minimum absolute atomic E-state index is 0.0216. The van der Waals surface area contributed by atoms with Gasteiger partial charge in [0.1, 0.15) is 22.9 Å². The monoisotopic (exact) mass is 352 g/mol. The molecule has 1 amide bonds. The van der Waals surface area contributed by atoms with Crippen LogP contribution in [0.25, 0.3) is 11.0 Å². The molecule has 0 saturated carbocycles. The molecule has 0 spiro atoms. The largest absolute Gasteiger partial charge is 0.466 e. The van der Waals surface area contributed by atoms with Gasteiger partial charge in [-0.15, -0.1) is 0 Å². The molecule has 130 valence electrons. The highest BCUT2D eigenvalue weighted by molar-refractivity contribution is 6.30. The third kappa shape index (κ3) is 4.92. The molecule has 0 aromatic carbocycles. The molecule has 0 aliphatic rings. The number of halogens is 1. The molecule has 0 fully saturated rings. The number of ether oxygens (including phenoxy) is 1. The highest BCUT2D eigenvalue weighted by Gasteiger charge is 2.18. The lowest BCUT2D eigenvalue weighted by Gasteiger charge is -2.20. The number of hydrogen-bond acceptors (Lipinski definition) is 5. The molecule has 2 heterocycles. The van der Waals surface area contributed by atoms with Crippen LogP contribution in [0.15, 0.2) is 6.07 Å². The number of nitrogens with one attached hydrogen (secondary N) is 2. The molecule has 0 bridgehead atoms. The van der Waals surface area contributed by atoms with Crippen LogP contribution in [0.5, 0.6) is 0 Å². The molecule has 24 heavy (non-hydrogen) atoms. The fourth-order valence-electron chi connectivity index (χ4n) is 2.27. The van der Waals surface area contributed by atoms with E-state index >= 15 is 0 Å². The minimum Gasteiger partial charge on any atom is -0.466 e. The number of carbonyl (C=O) groups excluding carboxylic acids is 2. The van der Waals surface area contributed by atoms with Gasteiger partial charge in [-0.1, -0.05) is 11.6 Å². The molecule has 2 aromatic rings. The van der Waals surface area contributed by atoms with E-state index in [-0.39, 0.29) is 35.4 Å². The Morgan fingerprint density at radius 3 is 2.62 bits per heavy atom. The van der Waals surface area contributed by atoms with Gasteiger partial charge in [0.15, 0.2) is 0 Å². The first kappa shape index (κ1) is 18.2. The summed E-state index contributed by atoms with van der Waals surface area (Å²) in [5.74, 6) is -0.0962. The van der Waals surface area contributed by atoms with Crippen LogP contribution in [0.3, 0.4) is 0 Å². The summed E-state index contributed by atoms with van der Waals surface area (Å²) in [6, 6.07) is 1.61. The van der Waals surface area contributed by atoms with Crippen molar-refractivity contribution in [3.8, 4) is 0 Å². The van der Waals surface area contributed by atoms with E-state index < -0.39 is 0 Å². The summed E-state index contributed by atoms with van der Waals surface area (Å²) >= 11 is 6.02. The third-order valence-electron chi connectivity index (χ3n) is 3.02. The number of aromatic amines is 1. The van der Waals surface area contributed by atoms with Crippen molar-refractivity contribution in [2.24, 2.45) is 0 Å². The molecule has 0 atom stereocenters. The van der Waals surface area contributed by atoms with Gasteiger partial charge in [0.05, 0.1) is 24.2 Å². The topological polar surface area (TPSA) is 97.0 Å². The molecule has 2 rings (SSSR count). The van der Waals surface area contributed by atoms with Crippen molar-refractivity contribution < 1.29 is 14.3 Å². The molecule has 8 heteroatoms. The van der Waals surface area contributed by atoms with Crippen LogP contribution in [0.4, 0.5) is 0 Å².